The highest BCUT2D eigenvalue weighted by molar-refractivity contribution is 6.42. The highest BCUT2D eigenvalue weighted by atomic mass is 35.5. The summed E-state index contributed by atoms with van der Waals surface area (Å²) in [7, 11) is 0. The van der Waals surface area contributed by atoms with Gasteiger partial charge in [0, 0.05) is 5.56 Å². The molecular weight excluding hydrogens is 299 g/mol. The van der Waals surface area contributed by atoms with Gasteiger partial charge in [0.2, 0.25) is 0 Å². The summed E-state index contributed by atoms with van der Waals surface area (Å²) in [5.74, 6) is 0.593. The minimum absolute atomic E-state index is 0.0651. The standard InChI is InChI=1S/C14H12Cl2N2O2/c15-11-2-1-3-12(13(11)16)20-8-9-4-6-10(7-5-9)14(17)18-19/h1-7,19H,8H2,(H2,17,18). The van der Waals surface area contributed by atoms with E-state index in [0.29, 0.717) is 28.0 Å². The zero-order valence-corrected chi connectivity index (χ0v) is 11.9. The highest BCUT2D eigenvalue weighted by Crippen LogP contribution is 2.31. The molecular formula is C14H12Cl2N2O2. The van der Waals surface area contributed by atoms with Gasteiger partial charge in [0.15, 0.2) is 5.84 Å². The molecule has 0 atom stereocenters. The zero-order chi connectivity index (χ0) is 14.5. The average Bonchev–Trinajstić information content (AvgIpc) is 2.48. The number of oxime groups is 1. The molecule has 0 aromatic heterocycles. The summed E-state index contributed by atoms with van der Waals surface area (Å²) in [4.78, 5) is 0. The summed E-state index contributed by atoms with van der Waals surface area (Å²) in [6.07, 6.45) is 0. The molecule has 2 aromatic carbocycles. The fourth-order valence-electron chi connectivity index (χ4n) is 1.59. The lowest BCUT2D eigenvalue weighted by molar-refractivity contribution is 0.306. The number of ether oxygens (including phenoxy) is 1. The Kier molecular flexibility index (Phi) is 4.71. The lowest BCUT2D eigenvalue weighted by Crippen LogP contribution is -2.12. The molecule has 0 bridgehead atoms. The van der Waals surface area contributed by atoms with Gasteiger partial charge >= 0.3 is 0 Å². The lowest BCUT2D eigenvalue weighted by atomic mass is 10.1. The largest absolute Gasteiger partial charge is 0.487 e. The topological polar surface area (TPSA) is 67.8 Å². The van der Waals surface area contributed by atoms with Crippen molar-refractivity contribution < 1.29 is 9.94 Å². The van der Waals surface area contributed by atoms with Crippen molar-refractivity contribution in [1.29, 1.82) is 0 Å². The molecule has 0 aliphatic carbocycles. The third-order valence-corrected chi connectivity index (χ3v) is 3.47. The van der Waals surface area contributed by atoms with Crippen molar-refractivity contribution in [2.45, 2.75) is 6.61 Å². The second-order valence-corrected chi connectivity index (χ2v) is 4.81. The van der Waals surface area contributed by atoms with Crippen molar-refractivity contribution in [3.63, 3.8) is 0 Å². The molecule has 0 aliphatic rings. The van der Waals surface area contributed by atoms with E-state index in [2.05, 4.69) is 5.16 Å². The summed E-state index contributed by atoms with van der Waals surface area (Å²) in [6, 6.07) is 12.4. The van der Waals surface area contributed by atoms with Crippen LogP contribution in [-0.4, -0.2) is 11.0 Å². The first-order chi connectivity index (χ1) is 9.61. The van der Waals surface area contributed by atoms with Crippen LogP contribution in [0.3, 0.4) is 0 Å². The van der Waals surface area contributed by atoms with E-state index in [4.69, 9.17) is 38.9 Å². The van der Waals surface area contributed by atoms with Crippen molar-refractivity contribution >= 4 is 29.0 Å². The molecule has 2 rings (SSSR count). The van der Waals surface area contributed by atoms with Gasteiger partial charge < -0.3 is 15.7 Å². The number of halogens is 2. The summed E-state index contributed by atoms with van der Waals surface area (Å²) in [5, 5.41) is 12.4. The van der Waals surface area contributed by atoms with E-state index in [-0.39, 0.29) is 5.84 Å². The van der Waals surface area contributed by atoms with E-state index in [0.717, 1.165) is 5.56 Å². The van der Waals surface area contributed by atoms with Gasteiger partial charge in [0.25, 0.3) is 0 Å². The van der Waals surface area contributed by atoms with Gasteiger partial charge in [-0.1, -0.05) is 58.7 Å². The summed E-state index contributed by atoms with van der Waals surface area (Å²) in [6.45, 7) is 0.344. The van der Waals surface area contributed by atoms with E-state index in [1.807, 2.05) is 12.1 Å². The van der Waals surface area contributed by atoms with Gasteiger partial charge in [-0.25, -0.2) is 0 Å². The highest BCUT2D eigenvalue weighted by Gasteiger charge is 2.06. The first-order valence-corrected chi connectivity index (χ1v) is 6.51. The van der Waals surface area contributed by atoms with Gasteiger partial charge in [0.1, 0.15) is 17.4 Å². The second-order valence-electron chi connectivity index (χ2n) is 4.02. The second kappa shape index (κ2) is 6.50. The molecule has 4 nitrogen and oxygen atoms in total. The maximum absolute atomic E-state index is 8.58. The summed E-state index contributed by atoms with van der Waals surface area (Å²) >= 11 is 11.9. The Morgan fingerprint density at radius 3 is 2.50 bits per heavy atom. The third kappa shape index (κ3) is 3.35. The number of nitrogens with zero attached hydrogens (tertiary/aromatic N) is 1. The number of nitrogens with two attached hydrogens (primary N) is 1. The van der Waals surface area contributed by atoms with Crippen LogP contribution in [0.1, 0.15) is 11.1 Å². The van der Waals surface area contributed by atoms with Crippen LogP contribution in [-0.2, 0) is 6.61 Å². The van der Waals surface area contributed by atoms with Crippen LogP contribution in [0.25, 0.3) is 0 Å². The Balaban J connectivity index is 2.06. The normalized spacial score (nSPS) is 11.4. The van der Waals surface area contributed by atoms with Crippen LogP contribution in [0.5, 0.6) is 5.75 Å². The van der Waals surface area contributed by atoms with Gasteiger partial charge in [0.05, 0.1) is 5.02 Å². The Hall–Kier alpha value is -1.91. The lowest BCUT2D eigenvalue weighted by Gasteiger charge is -2.09. The molecule has 0 saturated heterocycles. The van der Waals surface area contributed by atoms with E-state index < -0.39 is 0 Å². The molecule has 0 heterocycles. The molecule has 0 amide bonds. The van der Waals surface area contributed by atoms with Crippen molar-refractivity contribution in [1.82, 2.24) is 0 Å². The van der Waals surface area contributed by atoms with Crippen LogP contribution < -0.4 is 10.5 Å². The van der Waals surface area contributed by atoms with Crippen LogP contribution in [0.4, 0.5) is 0 Å². The van der Waals surface area contributed by atoms with Gasteiger partial charge in [-0.05, 0) is 17.7 Å². The predicted octanol–water partition coefficient (Wildman–Crippen LogP) is 3.67. The van der Waals surface area contributed by atoms with Gasteiger partial charge in [-0.2, -0.15) is 0 Å². The monoisotopic (exact) mass is 310 g/mol. The van der Waals surface area contributed by atoms with Crippen LogP contribution in [0.2, 0.25) is 10.0 Å². The molecule has 0 fully saturated rings. The summed E-state index contributed by atoms with van der Waals surface area (Å²) in [5.41, 5.74) is 7.05. The smallest absolute Gasteiger partial charge is 0.170 e. The number of rotatable bonds is 4. The molecule has 0 saturated carbocycles. The van der Waals surface area contributed by atoms with Gasteiger partial charge in [-0.3, -0.25) is 0 Å². The fraction of sp³-hybridized carbons (Fsp3) is 0.0714. The number of hydrogen-bond acceptors (Lipinski definition) is 3. The third-order valence-electron chi connectivity index (χ3n) is 2.67. The Morgan fingerprint density at radius 2 is 1.85 bits per heavy atom. The maximum Gasteiger partial charge on any atom is 0.170 e. The van der Waals surface area contributed by atoms with Crippen molar-refractivity contribution in [2.75, 3.05) is 0 Å². The van der Waals surface area contributed by atoms with E-state index in [1.165, 1.54) is 0 Å². The molecule has 20 heavy (non-hydrogen) atoms. The van der Waals surface area contributed by atoms with Crippen LogP contribution in [0.15, 0.2) is 47.6 Å². The van der Waals surface area contributed by atoms with Crippen molar-refractivity contribution in [3.05, 3.63) is 63.6 Å². The van der Waals surface area contributed by atoms with E-state index >= 15 is 0 Å². The number of benzene rings is 2. The molecule has 2 aromatic rings. The molecule has 3 N–H and O–H groups in total. The van der Waals surface area contributed by atoms with Gasteiger partial charge in [-0.15, -0.1) is 0 Å². The van der Waals surface area contributed by atoms with E-state index in [9.17, 15) is 0 Å². The Bertz CT molecular complexity index is 628. The predicted molar refractivity (Wildman–Crippen MR) is 79.7 cm³/mol. The van der Waals surface area contributed by atoms with E-state index in [1.54, 1.807) is 30.3 Å². The molecule has 0 radical (unpaired) electrons. The van der Waals surface area contributed by atoms with Crippen molar-refractivity contribution in [3.8, 4) is 5.75 Å². The maximum atomic E-state index is 8.58. The minimum atomic E-state index is 0.0651. The number of amidine groups is 1. The van der Waals surface area contributed by atoms with Crippen molar-refractivity contribution in [2.24, 2.45) is 10.9 Å². The quantitative estimate of drug-likeness (QED) is 0.392. The molecule has 104 valence electrons. The molecule has 6 heteroatoms. The Labute approximate surface area is 126 Å². The zero-order valence-electron chi connectivity index (χ0n) is 10.4. The fourth-order valence-corrected chi connectivity index (χ4v) is 1.93. The molecule has 0 spiro atoms. The summed E-state index contributed by atoms with van der Waals surface area (Å²) < 4.78 is 5.60. The molecule has 0 unspecified atom stereocenters. The first-order valence-electron chi connectivity index (χ1n) is 5.75. The first kappa shape index (κ1) is 14.5. The molecule has 0 aliphatic heterocycles. The SMILES string of the molecule is N/C(=N\O)c1ccc(COc2cccc(Cl)c2Cl)cc1. The van der Waals surface area contributed by atoms with Crippen LogP contribution in [0, 0.1) is 0 Å². The van der Waals surface area contributed by atoms with Crippen LogP contribution >= 0.6 is 23.2 Å². The minimum Gasteiger partial charge on any atom is -0.487 e. The Morgan fingerprint density at radius 1 is 1.15 bits per heavy atom. The number of hydrogen-bond donors (Lipinski definition) is 2. The average molecular weight is 311 g/mol.